The molecule has 80 valence electrons. The van der Waals surface area contributed by atoms with Gasteiger partial charge in [-0.25, -0.2) is 0 Å². The van der Waals surface area contributed by atoms with Gasteiger partial charge >= 0.3 is 0 Å². The van der Waals surface area contributed by atoms with Crippen molar-refractivity contribution in [2.24, 2.45) is 5.41 Å². The molecule has 0 radical (unpaired) electrons. The van der Waals surface area contributed by atoms with Gasteiger partial charge in [0.25, 0.3) is 0 Å². The minimum atomic E-state index is 0.0395. The summed E-state index contributed by atoms with van der Waals surface area (Å²) in [6, 6.07) is 0. The Morgan fingerprint density at radius 2 is 2.21 bits per heavy atom. The molecule has 0 bridgehead atoms. The summed E-state index contributed by atoms with van der Waals surface area (Å²) in [5.74, 6) is 0.0395. The number of nitrogens with one attached hydrogen (secondary N) is 2. The van der Waals surface area contributed by atoms with Crippen molar-refractivity contribution in [2.75, 3.05) is 19.6 Å². The molecule has 0 saturated heterocycles. The number of hydrogen-bond donors (Lipinski definition) is 2. The first-order valence-corrected chi connectivity index (χ1v) is 5.15. The van der Waals surface area contributed by atoms with E-state index in [-0.39, 0.29) is 5.91 Å². The van der Waals surface area contributed by atoms with Gasteiger partial charge in [-0.3, -0.25) is 4.79 Å². The molecule has 2 N–H and O–H groups in total. The van der Waals surface area contributed by atoms with Crippen molar-refractivity contribution in [1.29, 1.82) is 0 Å². The molecule has 1 aliphatic heterocycles. The van der Waals surface area contributed by atoms with Crippen LogP contribution in [0.3, 0.4) is 0 Å². The van der Waals surface area contributed by atoms with Crippen molar-refractivity contribution in [1.82, 2.24) is 10.6 Å². The summed E-state index contributed by atoms with van der Waals surface area (Å²) < 4.78 is 0. The van der Waals surface area contributed by atoms with Crippen molar-refractivity contribution >= 4 is 5.91 Å². The summed E-state index contributed by atoms with van der Waals surface area (Å²) in [4.78, 5) is 10.8. The average Bonchev–Trinajstić information content (AvgIpc) is 2.44. The van der Waals surface area contributed by atoms with Crippen molar-refractivity contribution in [2.45, 2.75) is 27.2 Å². The van der Waals surface area contributed by atoms with E-state index in [0.29, 0.717) is 12.0 Å². The zero-order chi connectivity index (χ0) is 10.6. The highest BCUT2D eigenvalue weighted by Crippen LogP contribution is 2.16. The number of carbonyl (C=O) groups excluding carboxylic acids is 1. The maximum Gasteiger partial charge on any atom is 0.244 e. The fraction of sp³-hybridized carbons (Fsp3) is 0.727. The molecule has 0 spiro atoms. The minimum Gasteiger partial charge on any atom is -0.349 e. The quantitative estimate of drug-likeness (QED) is 0.660. The highest BCUT2D eigenvalue weighted by atomic mass is 16.1. The second kappa shape index (κ2) is 4.60. The lowest BCUT2D eigenvalue weighted by Gasteiger charge is -2.18. The van der Waals surface area contributed by atoms with Gasteiger partial charge in [0, 0.05) is 19.2 Å². The van der Waals surface area contributed by atoms with E-state index in [4.69, 9.17) is 0 Å². The van der Waals surface area contributed by atoms with E-state index in [1.807, 2.05) is 0 Å². The molecule has 0 atom stereocenters. The van der Waals surface area contributed by atoms with Gasteiger partial charge in [-0.05, 0) is 24.0 Å². The summed E-state index contributed by atoms with van der Waals surface area (Å²) in [5, 5.41) is 6.10. The van der Waals surface area contributed by atoms with Crippen LogP contribution in [0.1, 0.15) is 27.2 Å². The molecule has 14 heavy (non-hydrogen) atoms. The molecule has 1 amide bonds. The molecule has 3 heteroatoms. The minimum absolute atomic E-state index is 0.0395. The Morgan fingerprint density at radius 1 is 1.50 bits per heavy atom. The van der Waals surface area contributed by atoms with E-state index < -0.39 is 0 Å². The molecular weight excluding hydrogens is 176 g/mol. The largest absolute Gasteiger partial charge is 0.349 e. The third kappa shape index (κ3) is 4.42. The van der Waals surface area contributed by atoms with Gasteiger partial charge in [0.1, 0.15) is 0 Å². The Bertz CT molecular complexity index is 238. The topological polar surface area (TPSA) is 41.1 Å². The molecule has 0 unspecified atom stereocenters. The number of amides is 1. The van der Waals surface area contributed by atoms with Crippen LogP contribution >= 0.6 is 0 Å². The highest BCUT2D eigenvalue weighted by Gasteiger charge is 2.11. The van der Waals surface area contributed by atoms with Gasteiger partial charge in [0.15, 0.2) is 0 Å². The molecular formula is C11H20N2O. The van der Waals surface area contributed by atoms with Gasteiger partial charge in [-0.1, -0.05) is 20.8 Å². The third-order valence-electron chi connectivity index (χ3n) is 2.23. The molecule has 1 rings (SSSR count). The lowest BCUT2D eigenvalue weighted by Crippen LogP contribution is -2.24. The second-order valence-electron chi connectivity index (χ2n) is 5.01. The molecule has 0 saturated carbocycles. The summed E-state index contributed by atoms with van der Waals surface area (Å²) >= 11 is 0. The van der Waals surface area contributed by atoms with Gasteiger partial charge in [-0.2, -0.15) is 0 Å². The van der Waals surface area contributed by atoms with Crippen LogP contribution in [0.4, 0.5) is 0 Å². The van der Waals surface area contributed by atoms with E-state index >= 15 is 0 Å². The SMILES string of the molecule is CC(C)(C)CCNCC1=CC(=O)NC1. The lowest BCUT2D eigenvalue weighted by molar-refractivity contribution is -0.115. The average molecular weight is 196 g/mol. The van der Waals surface area contributed by atoms with Crippen LogP contribution < -0.4 is 10.6 Å². The van der Waals surface area contributed by atoms with Gasteiger partial charge in [0.2, 0.25) is 5.91 Å². The molecule has 0 aromatic carbocycles. The second-order valence-corrected chi connectivity index (χ2v) is 5.01. The van der Waals surface area contributed by atoms with Crippen LogP contribution in [0.15, 0.2) is 11.6 Å². The standard InChI is InChI=1S/C11H20N2O/c1-11(2,3)4-5-12-7-9-6-10(14)13-8-9/h6,12H,4-5,7-8H2,1-3H3,(H,13,14). The van der Waals surface area contributed by atoms with Crippen molar-refractivity contribution in [3.8, 4) is 0 Å². The monoisotopic (exact) mass is 196 g/mol. The van der Waals surface area contributed by atoms with Crippen LogP contribution in [-0.4, -0.2) is 25.5 Å². The predicted octanol–water partition coefficient (Wildman–Crippen LogP) is 1.07. The Morgan fingerprint density at radius 3 is 2.71 bits per heavy atom. The molecule has 3 nitrogen and oxygen atoms in total. The smallest absolute Gasteiger partial charge is 0.244 e. The van der Waals surface area contributed by atoms with Crippen LogP contribution in [-0.2, 0) is 4.79 Å². The van der Waals surface area contributed by atoms with E-state index in [2.05, 4.69) is 31.4 Å². The first-order chi connectivity index (χ1) is 6.47. The summed E-state index contributed by atoms with van der Waals surface area (Å²) in [5.41, 5.74) is 1.54. The number of carbonyl (C=O) groups is 1. The first kappa shape index (κ1) is 11.2. The normalized spacial score (nSPS) is 16.8. The van der Waals surface area contributed by atoms with Gasteiger partial charge in [0.05, 0.1) is 0 Å². The first-order valence-electron chi connectivity index (χ1n) is 5.15. The lowest BCUT2D eigenvalue weighted by atomic mass is 9.92. The van der Waals surface area contributed by atoms with Crippen molar-refractivity contribution in [3.63, 3.8) is 0 Å². The van der Waals surface area contributed by atoms with Crippen LogP contribution in [0.2, 0.25) is 0 Å². The predicted molar refractivity (Wildman–Crippen MR) is 58.0 cm³/mol. The molecule has 1 heterocycles. The zero-order valence-electron chi connectivity index (χ0n) is 9.31. The highest BCUT2D eigenvalue weighted by molar-refractivity contribution is 5.91. The Kier molecular flexibility index (Phi) is 3.69. The Hall–Kier alpha value is -0.830. The molecule has 0 aliphatic carbocycles. The molecule has 0 aromatic rings. The van der Waals surface area contributed by atoms with Crippen LogP contribution in [0.25, 0.3) is 0 Å². The van der Waals surface area contributed by atoms with Crippen LogP contribution in [0.5, 0.6) is 0 Å². The van der Waals surface area contributed by atoms with E-state index in [0.717, 1.165) is 25.1 Å². The Labute approximate surface area is 86.0 Å². The maximum absolute atomic E-state index is 10.8. The maximum atomic E-state index is 10.8. The molecule has 0 fully saturated rings. The molecule has 1 aliphatic rings. The van der Waals surface area contributed by atoms with E-state index in [9.17, 15) is 4.79 Å². The summed E-state index contributed by atoms with van der Waals surface area (Å²) in [6.07, 6.45) is 2.84. The van der Waals surface area contributed by atoms with Gasteiger partial charge in [-0.15, -0.1) is 0 Å². The summed E-state index contributed by atoms with van der Waals surface area (Å²) in [7, 11) is 0. The van der Waals surface area contributed by atoms with E-state index in [1.54, 1.807) is 6.08 Å². The fourth-order valence-corrected chi connectivity index (χ4v) is 1.31. The van der Waals surface area contributed by atoms with Gasteiger partial charge < -0.3 is 10.6 Å². The Balaban J connectivity index is 2.10. The zero-order valence-corrected chi connectivity index (χ0v) is 9.31. The van der Waals surface area contributed by atoms with Crippen molar-refractivity contribution < 1.29 is 4.79 Å². The molecule has 0 aromatic heterocycles. The van der Waals surface area contributed by atoms with Crippen molar-refractivity contribution in [3.05, 3.63) is 11.6 Å². The van der Waals surface area contributed by atoms with E-state index in [1.165, 1.54) is 0 Å². The van der Waals surface area contributed by atoms with Crippen LogP contribution in [0, 0.1) is 5.41 Å². The summed E-state index contributed by atoms with van der Waals surface area (Å²) in [6.45, 7) is 9.24. The third-order valence-corrected chi connectivity index (χ3v) is 2.23. The fourth-order valence-electron chi connectivity index (χ4n) is 1.31. The number of rotatable bonds is 4. The number of hydrogen-bond acceptors (Lipinski definition) is 2.